The summed E-state index contributed by atoms with van der Waals surface area (Å²) in [5.41, 5.74) is 0.649. The molecule has 0 atom stereocenters. The van der Waals surface area contributed by atoms with E-state index < -0.39 is 11.8 Å². The molecule has 0 amide bonds. The molecule has 2 aromatic rings. The van der Waals surface area contributed by atoms with Gasteiger partial charge in [0.2, 0.25) is 0 Å². The van der Waals surface area contributed by atoms with Gasteiger partial charge in [-0.05, 0) is 52.5 Å². The minimum atomic E-state index is -0.680. The lowest BCUT2D eigenvalue weighted by molar-refractivity contribution is 0.0474. The number of halogens is 2. The molecule has 0 aliphatic carbocycles. The molecule has 2 aromatic carbocycles. The molecule has 0 aromatic heterocycles. The van der Waals surface area contributed by atoms with E-state index in [9.17, 15) is 14.0 Å². The van der Waals surface area contributed by atoms with Crippen LogP contribution in [0.5, 0.6) is 0 Å². The summed E-state index contributed by atoms with van der Waals surface area (Å²) in [5, 5.41) is 0. The van der Waals surface area contributed by atoms with Crippen LogP contribution in [0.25, 0.3) is 0 Å². The normalized spacial score (nSPS) is 10.3. The van der Waals surface area contributed by atoms with Gasteiger partial charge in [-0.1, -0.05) is 12.1 Å². The van der Waals surface area contributed by atoms with Crippen molar-refractivity contribution < 1.29 is 18.7 Å². The Hall–Kier alpha value is -1.66. The second-order valence-electron chi connectivity index (χ2n) is 4.35. The van der Waals surface area contributed by atoms with Gasteiger partial charge in [-0.2, -0.15) is 0 Å². The highest BCUT2D eigenvalue weighted by Gasteiger charge is 2.15. The second kappa shape index (κ2) is 7.56. The van der Waals surface area contributed by atoms with Crippen LogP contribution in [0.1, 0.15) is 20.7 Å². The Morgan fingerprint density at radius 1 is 1.18 bits per heavy atom. The van der Waals surface area contributed by atoms with Gasteiger partial charge in [0.25, 0.3) is 0 Å². The van der Waals surface area contributed by atoms with Crippen LogP contribution in [0.4, 0.5) is 4.39 Å². The largest absolute Gasteiger partial charge is 0.454 e. The van der Waals surface area contributed by atoms with E-state index in [1.807, 2.05) is 18.4 Å². The Balaban J connectivity index is 1.99. The molecule has 0 aliphatic rings. The van der Waals surface area contributed by atoms with E-state index in [0.29, 0.717) is 5.56 Å². The fraction of sp³-hybridized carbons (Fsp3) is 0.125. The Kier molecular flexibility index (Phi) is 5.74. The molecule has 0 fully saturated rings. The molecule has 0 saturated heterocycles. The number of Topliss-reactive ketones (excluding diaryl/α,β-unsaturated/α-hetero) is 1. The predicted octanol–water partition coefficient (Wildman–Crippen LogP) is 4.35. The molecule has 0 bridgehead atoms. The van der Waals surface area contributed by atoms with Crippen molar-refractivity contribution in [3.63, 3.8) is 0 Å². The van der Waals surface area contributed by atoms with Crippen LogP contribution in [0.3, 0.4) is 0 Å². The molecule has 0 unspecified atom stereocenters. The van der Waals surface area contributed by atoms with Crippen LogP contribution in [0, 0.1) is 5.82 Å². The first-order valence-corrected chi connectivity index (χ1v) is 8.32. The number of carbonyl (C=O) groups is 2. The van der Waals surface area contributed by atoms with Crippen LogP contribution in [-0.4, -0.2) is 24.6 Å². The standard InChI is InChI=1S/C16H12BrFO3S/c1-22-12-5-2-10(3-6-12)15(19)9-21-16(20)13-7-4-11(18)8-14(13)17/h2-8H,9H2,1H3. The zero-order valence-corrected chi connectivity index (χ0v) is 14.0. The topological polar surface area (TPSA) is 43.4 Å². The summed E-state index contributed by atoms with van der Waals surface area (Å²) >= 11 is 4.66. The van der Waals surface area contributed by atoms with Gasteiger partial charge < -0.3 is 4.74 Å². The monoisotopic (exact) mass is 382 g/mol. The first-order chi connectivity index (χ1) is 10.5. The summed E-state index contributed by atoms with van der Waals surface area (Å²) in [6, 6.07) is 10.7. The highest BCUT2D eigenvalue weighted by Crippen LogP contribution is 2.19. The van der Waals surface area contributed by atoms with Crippen molar-refractivity contribution in [2.75, 3.05) is 12.9 Å². The smallest absolute Gasteiger partial charge is 0.339 e. The number of esters is 1. The van der Waals surface area contributed by atoms with Gasteiger partial charge in [-0.3, -0.25) is 4.79 Å². The summed E-state index contributed by atoms with van der Waals surface area (Å²) in [4.78, 5) is 24.9. The maximum Gasteiger partial charge on any atom is 0.339 e. The number of ketones is 1. The number of hydrogen-bond donors (Lipinski definition) is 0. The molecule has 0 aliphatic heterocycles. The van der Waals surface area contributed by atoms with Crippen molar-refractivity contribution >= 4 is 39.4 Å². The van der Waals surface area contributed by atoms with Crippen LogP contribution in [0.15, 0.2) is 51.8 Å². The lowest BCUT2D eigenvalue weighted by Gasteiger charge is -2.06. The lowest BCUT2D eigenvalue weighted by Crippen LogP contribution is -2.14. The van der Waals surface area contributed by atoms with Crippen LogP contribution in [-0.2, 0) is 4.74 Å². The maximum atomic E-state index is 13.0. The van der Waals surface area contributed by atoms with E-state index >= 15 is 0 Å². The summed E-state index contributed by atoms with van der Waals surface area (Å²) in [6.07, 6.45) is 1.94. The van der Waals surface area contributed by atoms with Gasteiger partial charge in [0, 0.05) is 14.9 Å². The molecule has 0 N–H and O–H groups in total. The highest BCUT2D eigenvalue weighted by molar-refractivity contribution is 9.10. The number of rotatable bonds is 5. The van der Waals surface area contributed by atoms with Gasteiger partial charge in [0.15, 0.2) is 12.4 Å². The summed E-state index contributed by atoms with van der Waals surface area (Å²) in [6.45, 7) is -0.360. The fourth-order valence-corrected chi connectivity index (χ4v) is 2.65. The van der Waals surface area contributed by atoms with Crippen molar-refractivity contribution in [3.8, 4) is 0 Å². The zero-order valence-electron chi connectivity index (χ0n) is 11.6. The van der Waals surface area contributed by atoms with Gasteiger partial charge in [0.1, 0.15) is 5.82 Å². The number of carbonyl (C=O) groups excluding carboxylic acids is 2. The molecule has 0 spiro atoms. The van der Waals surface area contributed by atoms with Crippen LogP contribution in [0.2, 0.25) is 0 Å². The van der Waals surface area contributed by atoms with Crippen molar-refractivity contribution in [3.05, 3.63) is 63.9 Å². The fourth-order valence-electron chi connectivity index (χ4n) is 1.72. The maximum absolute atomic E-state index is 13.0. The molecular formula is C16H12BrFO3S. The Bertz CT molecular complexity index is 701. The van der Waals surface area contributed by atoms with E-state index in [-0.39, 0.29) is 22.4 Å². The second-order valence-corrected chi connectivity index (χ2v) is 6.09. The summed E-state index contributed by atoms with van der Waals surface area (Å²) < 4.78 is 18.2. The molecule has 2 rings (SSSR count). The number of ether oxygens (including phenoxy) is 1. The number of hydrogen-bond acceptors (Lipinski definition) is 4. The zero-order chi connectivity index (χ0) is 16.1. The average Bonchev–Trinajstić information content (AvgIpc) is 2.52. The molecule has 6 heteroatoms. The van der Waals surface area contributed by atoms with Gasteiger partial charge >= 0.3 is 5.97 Å². The first-order valence-electron chi connectivity index (χ1n) is 6.30. The van der Waals surface area contributed by atoms with E-state index in [0.717, 1.165) is 11.0 Å². The molecule has 3 nitrogen and oxygen atoms in total. The Morgan fingerprint density at radius 2 is 1.86 bits per heavy atom. The van der Waals surface area contributed by atoms with Crippen molar-refractivity contribution in [1.82, 2.24) is 0 Å². The SMILES string of the molecule is CSc1ccc(C(=O)COC(=O)c2ccc(F)cc2Br)cc1. The van der Waals surface area contributed by atoms with E-state index in [1.165, 1.54) is 12.1 Å². The van der Waals surface area contributed by atoms with Crippen molar-refractivity contribution in [2.24, 2.45) is 0 Å². The molecule has 0 radical (unpaired) electrons. The third-order valence-corrected chi connectivity index (χ3v) is 4.30. The van der Waals surface area contributed by atoms with E-state index in [2.05, 4.69) is 15.9 Å². The molecule has 114 valence electrons. The highest BCUT2D eigenvalue weighted by atomic mass is 79.9. The van der Waals surface area contributed by atoms with E-state index in [1.54, 1.807) is 23.9 Å². The quantitative estimate of drug-likeness (QED) is 0.438. The predicted molar refractivity (Wildman–Crippen MR) is 86.9 cm³/mol. The summed E-state index contributed by atoms with van der Waals surface area (Å²) in [7, 11) is 0. The third-order valence-electron chi connectivity index (χ3n) is 2.90. The first kappa shape index (κ1) is 16.7. The molecule has 0 saturated carbocycles. The molecule has 22 heavy (non-hydrogen) atoms. The van der Waals surface area contributed by atoms with Gasteiger partial charge in [0.05, 0.1) is 5.56 Å². The number of benzene rings is 2. The van der Waals surface area contributed by atoms with Crippen LogP contribution >= 0.6 is 27.7 Å². The summed E-state index contributed by atoms with van der Waals surface area (Å²) in [5.74, 6) is -1.44. The minimum absolute atomic E-state index is 0.173. The van der Waals surface area contributed by atoms with Crippen molar-refractivity contribution in [2.45, 2.75) is 4.90 Å². The van der Waals surface area contributed by atoms with Gasteiger partial charge in [-0.15, -0.1) is 11.8 Å². The lowest BCUT2D eigenvalue weighted by atomic mass is 10.1. The minimum Gasteiger partial charge on any atom is -0.454 e. The molecular weight excluding hydrogens is 371 g/mol. The van der Waals surface area contributed by atoms with Crippen molar-refractivity contribution in [1.29, 1.82) is 0 Å². The Labute approximate surface area is 140 Å². The van der Waals surface area contributed by atoms with Crippen LogP contribution < -0.4 is 0 Å². The Morgan fingerprint density at radius 3 is 2.45 bits per heavy atom. The van der Waals surface area contributed by atoms with Gasteiger partial charge in [-0.25, -0.2) is 9.18 Å². The van der Waals surface area contributed by atoms with E-state index in [4.69, 9.17) is 4.74 Å². The molecule has 0 heterocycles. The number of thioether (sulfide) groups is 1. The third kappa shape index (κ3) is 4.18. The average molecular weight is 383 g/mol.